The Kier molecular flexibility index (Phi) is 6.68. The lowest BCUT2D eigenvalue weighted by Crippen LogP contribution is -2.32. The van der Waals surface area contributed by atoms with Gasteiger partial charge in [0.25, 0.3) is 5.89 Å². The summed E-state index contributed by atoms with van der Waals surface area (Å²) in [7, 11) is -3.93. The lowest BCUT2D eigenvalue weighted by Gasteiger charge is -2.13. The number of carbonyl (C=O) groups is 1. The molecule has 1 aliphatic heterocycles. The van der Waals surface area contributed by atoms with Crippen molar-refractivity contribution < 1.29 is 27.2 Å². The molecule has 0 saturated carbocycles. The molecule has 3 aromatic rings. The highest BCUT2D eigenvalue weighted by Gasteiger charge is 2.24. The maximum Gasteiger partial charge on any atom is 0.338 e. The number of nitrogens with zero attached hydrogens (tertiary/aromatic N) is 2. The van der Waals surface area contributed by atoms with Crippen molar-refractivity contribution in [2.45, 2.75) is 30.4 Å². The monoisotopic (exact) mass is 483 g/mol. The minimum atomic E-state index is -3.93. The maximum atomic E-state index is 12.6. The summed E-state index contributed by atoms with van der Waals surface area (Å²) >= 11 is 7.57. The molecule has 1 N–H and O–H groups in total. The van der Waals surface area contributed by atoms with Gasteiger partial charge in [0.05, 0.1) is 16.7 Å². The molecule has 1 atom stereocenters. The van der Waals surface area contributed by atoms with E-state index in [1.807, 2.05) is 16.8 Å². The molecule has 12 heteroatoms. The first-order valence-corrected chi connectivity index (χ1v) is 12.2. The third-order valence-corrected chi connectivity index (χ3v) is 7.14. The number of hydrogen-bond donors (Lipinski definition) is 1. The summed E-state index contributed by atoms with van der Waals surface area (Å²) < 4.78 is 43.4. The Morgan fingerprint density at radius 3 is 2.97 bits per heavy atom. The molecule has 31 heavy (non-hydrogen) atoms. The van der Waals surface area contributed by atoms with Gasteiger partial charge in [-0.2, -0.15) is 16.3 Å². The van der Waals surface area contributed by atoms with Crippen LogP contribution >= 0.6 is 22.9 Å². The normalized spacial score (nSPS) is 16.5. The van der Waals surface area contributed by atoms with E-state index in [0.29, 0.717) is 12.4 Å². The second kappa shape index (κ2) is 9.45. The second-order valence-corrected chi connectivity index (χ2v) is 9.65. The zero-order valence-electron chi connectivity index (χ0n) is 16.1. The maximum absolute atomic E-state index is 12.6. The summed E-state index contributed by atoms with van der Waals surface area (Å²) in [4.78, 5) is 16.4. The number of halogens is 1. The van der Waals surface area contributed by atoms with Gasteiger partial charge in [-0.15, -0.1) is 0 Å². The Morgan fingerprint density at radius 1 is 1.35 bits per heavy atom. The van der Waals surface area contributed by atoms with Crippen LogP contribution in [0, 0.1) is 0 Å². The molecule has 1 unspecified atom stereocenters. The van der Waals surface area contributed by atoms with E-state index < -0.39 is 16.0 Å². The highest BCUT2D eigenvalue weighted by atomic mass is 35.5. The van der Waals surface area contributed by atoms with Crippen LogP contribution in [0.5, 0.6) is 0 Å². The molecule has 1 aliphatic rings. The van der Waals surface area contributed by atoms with Gasteiger partial charge in [0, 0.05) is 24.1 Å². The Hall–Kier alpha value is -2.31. The summed E-state index contributed by atoms with van der Waals surface area (Å²) in [5.41, 5.74) is 0.828. The van der Waals surface area contributed by atoms with E-state index in [1.165, 1.54) is 29.5 Å². The van der Waals surface area contributed by atoms with Gasteiger partial charge in [0.15, 0.2) is 6.61 Å². The van der Waals surface area contributed by atoms with E-state index in [1.54, 1.807) is 0 Å². The lowest BCUT2D eigenvalue weighted by molar-refractivity contribution is 0.0429. The Labute approximate surface area is 187 Å². The molecule has 0 amide bonds. The minimum Gasteiger partial charge on any atom is -0.452 e. The van der Waals surface area contributed by atoms with Crippen LogP contribution in [-0.4, -0.2) is 43.8 Å². The molecule has 0 aliphatic carbocycles. The lowest BCUT2D eigenvalue weighted by atomic mass is 10.2. The zero-order valence-corrected chi connectivity index (χ0v) is 18.5. The SMILES string of the molecule is O=C(OCc1nc(-c2ccsc2)no1)c1ccc(Cl)c(S(=O)(=O)NCC2CCCO2)c1. The van der Waals surface area contributed by atoms with Crippen LogP contribution in [-0.2, 0) is 26.1 Å². The highest BCUT2D eigenvalue weighted by Crippen LogP contribution is 2.24. The number of esters is 1. The molecule has 164 valence electrons. The zero-order chi connectivity index (χ0) is 21.8. The Balaban J connectivity index is 1.41. The van der Waals surface area contributed by atoms with Crippen LogP contribution in [0.15, 0.2) is 44.4 Å². The van der Waals surface area contributed by atoms with Gasteiger partial charge >= 0.3 is 5.97 Å². The Bertz CT molecular complexity index is 1160. The van der Waals surface area contributed by atoms with Gasteiger partial charge in [-0.3, -0.25) is 0 Å². The molecule has 3 heterocycles. The van der Waals surface area contributed by atoms with Crippen molar-refractivity contribution in [1.82, 2.24) is 14.9 Å². The van der Waals surface area contributed by atoms with Crippen molar-refractivity contribution >= 4 is 38.9 Å². The average molecular weight is 484 g/mol. The van der Waals surface area contributed by atoms with E-state index >= 15 is 0 Å². The first-order valence-electron chi connectivity index (χ1n) is 9.35. The molecule has 4 rings (SSSR count). The van der Waals surface area contributed by atoms with Crippen molar-refractivity contribution in [3.63, 3.8) is 0 Å². The van der Waals surface area contributed by atoms with E-state index in [4.69, 9.17) is 25.6 Å². The number of thiophene rings is 1. The van der Waals surface area contributed by atoms with E-state index in [-0.39, 0.29) is 40.6 Å². The molecule has 9 nitrogen and oxygen atoms in total. The third kappa shape index (κ3) is 5.31. The average Bonchev–Trinajstić information content (AvgIpc) is 3.53. The third-order valence-electron chi connectivity index (χ3n) is 4.56. The second-order valence-electron chi connectivity index (χ2n) is 6.73. The fourth-order valence-corrected chi connectivity index (χ4v) is 5.18. The van der Waals surface area contributed by atoms with Crippen molar-refractivity contribution in [3.05, 3.63) is 51.5 Å². The van der Waals surface area contributed by atoms with Gasteiger partial charge in [-0.1, -0.05) is 16.8 Å². The van der Waals surface area contributed by atoms with Crippen LogP contribution in [0.3, 0.4) is 0 Å². The topological polar surface area (TPSA) is 121 Å². The summed E-state index contributed by atoms with van der Waals surface area (Å²) in [5.74, 6) is -0.235. The van der Waals surface area contributed by atoms with Gasteiger partial charge in [-0.25, -0.2) is 17.9 Å². The summed E-state index contributed by atoms with van der Waals surface area (Å²) in [5, 5.41) is 7.58. The van der Waals surface area contributed by atoms with Crippen LogP contribution in [0.2, 0.25) is 5.02 Å². The molecule has 0 spiro atoms. The molecule has 1 saturated heterocycles. The molecule has 1 fully saturated rings. The molecule has 0 radical (unpaired) electrons. The number of sulfonamides is 1. The standard InChI is InChI=1S/C19H18ClN3O6S2/c20-15-4-3-12(8-16(15)31(25,26)21-9-14-2-1-6-27-14)19(24)28-10-17-22-18(23-29-17)13-5-7-30-11-13/h3-5,7-8,11,14,21H,1-2,6,9-10H2. The van der Waals surface area contributed by atoms with Crippen molar-refractivity contribution in [2.75, 3.05) is 13.2 Å². The van der Waals surface area contributed by atoms with Gasteiger partial charge in [0.2, 0.25) is 15.8 Å². The quantitative estimate of drug-likeness (QED) is 0.484. The molecule has 0 bridgehead atoms. The van der Waals surface area contributed by atoms with E-state index in [9.17, 15) is 13.2 Å². The fraction of sp³-hybridized carbons (Fsp3) is 0.316. The number of ether oxygens (including phenoxy) is 2. The first-order chi connectivity index (χ1) is 14.9. The van der Waals surface area contributed by atoms with E-state index in [2.05, 4.69) is 14.9 Å². The van der Waals surface area contributed by atoms with Crippen LogP contribution in [0.4, 0.5) is 0 Å². The van der Waals surface area contributed by atoms with Crippen molar-refractivity contribution in [3.8, 4) is 11.4 Å². The fourth-order valence-electron chi connectivity index (χ4n) is 2.96. The number of aromatic nitrogens is 2. The highest BCUT2D eigenvalue weighted by molar-refractivity contribution is 7.89. The smallest absolute Gasteiger partial charge is 0.338 e. The van der Waals surface area contributed by atoms with Crippen molar-refractivity contribution in [1.29, 1.82) is 0 Å². The number of nitrogens with one attached hydrogen (secondary N) is 1. The van der Waals surface area contributed by atoms with Crippen LogP contribution in [0.1, 0.15) is 29.1 Å². The predicted octanol–water partition coefficient (Wildman–Crippen LogP) is 3.27. The summed E-state index contributed by atoms with van der Waals surface area (Å²) in [6.45, 7) is 0.498. The van der Waals surface area contributed by atoms with Crippen LogP contribution in [0.25, 0.3) is 11.4 Å². The summed E-state index contributed by atoms with van der Waals surface area (Å²) in [6.07, 6.45) is 1.51. The number of hydrogen-bond acceptors (Lipinski definition) is 9. The molecular formula is C19H18ClN3O6S2. The van der Waals surface area contributed by atoms with Gasteiger partial charge < -0.3 is 14.0 Å². The minimum absolute atomic E-state index is 0.00584. The molecule has 2 aromatic heterocycles. The molecular weight excluding hydrogens is 466 g/mol. The number of carbonyl (C=O) groups excluding carboxylic acids is 1. The summed E-state index contributed by atoms with van der Waals surface area (Å²) in [6, 6.07) is 5.73. The predicted molar refractivity (Wildman–Crippen MR) is 112 cm³/mol. The molecule has 1 aromatic carbocycles. The number of rotatable bonds is 8. The van der Waals surface area contributed by atoms with E-state index in [0.717, 1.165) is 18.4 Å². The van der Waals surface area contributed by atoms with Crippen LogP contribution < -0.4 is 4.72 Å². The van der Waals surface area contributed by atoms with Gasteiger partial charge in [0.1, 0.15) is 4.90 Å². The van der Waals surface area contributed by atoms with Crippen molar-refractivity contribution in [2.24, 2.45) is 0 Å². The first kappa shape index (κ1) is 21.9. The number of benzene rings is 1. The largest absolute Gasteiger partial charge is 0.452 e. The van der Waals surface area contributed by atoms with Gasteiger partial charge in [-0.05, 0) is 42.5 Å². The Morgan fingerprint density at radius 2 is 2.23 bits per heavy atom.